The number of amides is 2. The van der Waals surface area contributed by atoms with Crippen molar-refractivity contribution in [3.63, 3.8) is 0 Å². The second-order valence-corrected chi connectivity index (χ2v) is 6.50. The van der Waals surface area contributed by atoms with Gasteiger partial charge in [-0.3, -0.25) is 9.59 Å². The van der Waals surface area contributed by atoms with Crippen LogP contribution >= 0.6 is 11.3 Å². The highest BCUT2D eigenvalue weighted by Crippen LogP contribution is 2.32. The molecule has 0 radical (unpaired) electrons. The van der Waals surface area contributed by atoms with Crippen LogP contribution in [-0.4, -0.2) is 17.9 Å². The van der Waals surface area contributed by atoms with Crippen molar-refractivity contribution in [2.24, 2.45) is 0 Å². The molecule has 1 aromatic heterocycles. The van der Waals surface area contributed by atoms with Crippen molar-refractivity contribution in [3.8, 4) is 0 Å². The molecule has 2 aromatic rings. The Morgan fingerprint density at radius 3 is 2.50 bits per heavy atom. The van der Waals surface area contributed by atoms with E-state index in [1.54, 1.807) is 18.3 Å². The second kappa shape index (κ2) is 6.32. The summed E-state index contributed by atoms with van der Waals surface area (Å²) in [5.41, 5.74) is 1.65. The molecule has 1 aliphatic carbocycles. The first-order valence-corrected chi connectivity index (χ1v) is 8.23. The van der Waals surface area contributed by atoms with Crippen LogP contribution in [0, 0.1) is 0 Å². The maximum Gasteiger partial charge on any atom is 0.229 e. The molecule has 3 rings (SSSR count). The molecular formula is C17H18N2O2S. The number of thiophene rings is 1. The minimum absolute atomic E-state index is 0.0270. The zero-order chi connectivity index (χ0) is 15.5. The van der Waals surface area contributed by atoms with Crippen LogP contribution in [0.2, 0.25) is 0 Å². The van der Waals surface area contributed by atoms with Gasteiger partial charge in [0, 0.05) is 29.2 Å². The Balaban J connectivity index is 1.63. The first kappa shape index (κ1) is 14.8. The van der Waals surface area contributed by atoms with Gasteiger partial charge in [0.2, 0.25) is 11.8 Å². The number of nitrogens with one attached hydrogen (secondary N) is 1. The smallest absolute Gasteiger partial charge is 0.229 e. The average Bonchev–Trinajstić information content (AvgIpc) is 3.17. The van der Waals surface area contributed by atoms with Gasteiger partial charge in [0.15, 0.2) is 0 Å². The Bertz CT molecular complexity index is 660. The molecule has 1 aliphatic rings. The summed E-state index contributed by atoms with van der Waals surface area (Å²) in [6.07, 6.45) is 2.53. The Hall–Kier alpha value is -2.14. The minimum atomic E-state index is -0.0270. The molecule has 5 heteroatoms. The molecule has 0 atom stereocenters. The van der Waals surface area contributed by atoms with E-state index in [2.05, 4.69) is 5.32 Å². The molecule has 1 aromatic carbocycles. The van der Waals surface area contributed by atoms with E-state index < -0.39 is 0 Å². The first-order chi connectivity index (χ1) is 10.6. The predicted octanol–water partition coefficient (Wildman–Crippen LogP) is 3.44. The normalized spacial score (nSPS) is 13.7. The van der Waals surface area contributed by atoms with Crippen molar-refractivity contribution >= 4 is 34.5 Å². The van der Waals surface area contributed by atoms with Gasteiger partial charge in [0.05, 0.1) is 6.42 Å². The van der Waals surface area contributed by atoms with Gasteiger partial charge in [-0.05, 0) is 48.6 Å². The van der Waals surface area contributed by atoms with E-state index in [1.807, 2.05) is 46.7 Å². The quantitative estimate of drug-likeness (QED) is 0.919. The Kier molecular flexibility index (Phi) is 4.24. The lowest BCUT2D eigenvalue weighted by molar-refractivity contribution is -0.117. The number of carbonyl (C=O) groups excluding carboxylic acids is 2. The summed E-state index contributed by atoms with van der Waals surface area (Å²) in [4.78, 5) is 26.6. The van der Waals surface area contributed by atoms with E-state index in [4.69, 9.17) is 0 Å². The number of hydrogen-bond donors (Lipinski definition) is 1. The van der Waals surface area contributed by atoms with Gasteiger partial charge in [-0.1, -0.05) is 6.07 Å². The lowest BCUT2D eigenvalue weighted by atomic mass is 10.2. The van der Waals surface area contributed by atoms with Gasteiger partial charge < -0.3 is 10.2 Å². The van der Waals surface area contributed by atoms with Gasteiger partial charge >= 0.3 is 0 Å². The molecule has 0 unspecified atom stereocenters. The summed E-state index contributed by atoms with van der Waals surface area (Å²) in [5.74, 6) is 0.0396. The molecule has 1 heterocycles. The van der Waals surface area contributed by atoms with Gasteiger partial charge in [-0.2, -0.15) is 0 Å². The third kappa shape index (κ3) is 3.54. The van der Waals surface area contributed by atoms with Crippen LogP contribution in [0.4, 0.5) is 11.4 Å². The van der Waals surface area contributed by atoms with Crippen LogP contribution in [0.1, 0.15) is 24.6 Å². The zero-order valence-electron chi connectivity index (χ0n) is 12.4. The third-order valence-electron chi connectivity index (χ3n) is 3.60. The summed E-state index contributed by atoms with van der Waals surface area (Å²) in [6, 6.07) is 11.7. The van der Waals surface area contributed by atoms with Crippen molar-refractivity contribution in [1.82, 2.24) is 0 Å². The van der Waals surface area contributed by atoms with Crippen molar-refractivity contribution in [1.29, 1.82) is 0 Å². The SMILES string of the molecule is CC(=O)N(c1ccc(NC(=O)Cc2cccs2)cc1)C1CC1. The van der Waals surface area contributed by atoms with E-state index in [-0.39, 0.29) is 11.8 Å². The van der Waals surface area contributed by atoms with Crippen molar-refractivity contribution < 1.29 is 9.59 Å². The summed E-state index contributed by atoms with van der Waals surface area (Å²) in [5, 5.41) is 4.85. The lowest BCUT2D eigenvalue weighted by Gasteiger charge is -2.21. The van der Waals surface area contributed by atoms with E-state index in [1.165, 1.54) is 0 Å². The second-order valence-electron chi connectivity index (χ2n) is 5.47. The number of carbonyl (C=O) groups is 2. The van der Waals surface area contributed by atoms with Gasteiger partial charge in [0.25, 0.3) is 0 Å². The molecule has 1 fully saturated rings. The maximum atomic E-state index is 12.0. The molecule has 0 saturated heterocycles. The van der Waals surface area contributed by atoms with Crippen LogP contribution in [0.15, 0.2) is 41.8 Å². The highest BCUT2D eigenvalue weighted by molar-refractivity contribution is 7.10. The largest absolute Gasteiger partial charge is 0.326 e. The van der Waals surface area contributed by atoms with E-state index in [9.17, 15) is 9.59 Å². The van der Waals surface area contributed by atoms with Crippen molar-refractivity contribution in [2.45, 2.75) is 32.2 Å². The molecule has 0 bridgehead atoms. The van der Waals surface area contributed by atoms with E-state index >= 15 is 0 Å². The molecule has 2 amide bonds. The Morgan fingerprint density at radius 1 is 1.23 bits per heavy atom. The standard InChI is InChI=1S/C17H18N2O2S/c1-12(20)19(15-8-9-15)14-6-4-13(5-7-14)18-17(21)11-16-3-2-10-22-16/h2-7,10,15H,8-9,11H2,1H3,(H,18,21). The predicted molar refractivity (Wildman–Crippen MR) is 89.3 cm³/mol. The highest BCUT2D eigenvalue weighted by atomic mass is 32.1. The molecule has 0 spiro atoms. The Labute approximate surface area is 133 Å². The molecule has 22 heavy (non-hydrogen) atoms. The molecule has 1 N–H and O–H groups in total. The van der Waals surface area contributed by atoms with Gasteiger partial charge in [-0.15, -0.1) is 11.3 Å². The summed E-state index contributed by atoms with van der Waals surface area (Å²) >= 11 is 1.58. The average molecular weight is 314 g/mol. The maximum absolute atomic E-state index is 12.0. The molecular weight excluding hydrogens is 296 g/mol. The number of benzene rings is 1. The minimum Gasteiger partial charge on any atom is -0.326 e. The number of anilines is 2. The fourth-order valence-corrected chi connectivity index (χ4v) is 3.17. The fraction of sp³-hybridized carbons (Fsp3) is 0.294. The van der Waals surface area contributed by atoms with Gasteiger partial charge in [-0.25, -0.2) is 0 Å². The fourth-order valence-electron chi connectivity index (χ4n) is 2.46. The number of nitrogens with zero attached hydrogens (tertiary/aromatic N) is 1. The topological polar surface area (TPSA) is 49.4 Å². The van der Waals surface area contributed by atoms with Crippen LogP contribution in [0.3, 0.4) is 0 Å². The van der Waals surface area contributed by atoms with E-state index in [0.717, 1.165) is 29.1 Å². The van der Waals surface area contributed by atoms with Crippen molar-refractivity contribution in [3.05, 3.63) is 46.7 Å². The summed E-state index contributed by atoms with van der Waals surface area (Å²) in [7, 11) is 0. The van der Waals surface area contributed by atoms with Gasteiger partial charge in [0.1, 0.15) is 0 Å². The van der Waals surface area contributed by atoms with E-state index in [0.29, 0.717) is 12.5 Å². The number of rotatable bonds is 5. The highest BCUT2D eigenvalue weighted by Gasteiger charge is 2.31. The van der Waals surface area contributed by atoms with Crippen molar-refractivity contribution in [2.75, 3.05) is 10.2 Å². The molecule has 0 aliphatic heterocycles. The zero-order valence-corrected chi connectivity index (χ0v) is 13.2. The molecule has 1 saturated carbocycles. The molecule has 4 nitrogen and oxygen atoms in total. The Morgan fingerprint density at radius 2 is 1.95 bits per heavy atom. The molecule has 114 valence electrons. The number of hydrogen-bond acceptors (Lipinski definition) is 3. The van der Waals surface area contributed by atoms with Crippen LogP contribution in [-0.2, 0) is 16.0 Å². The van der Waals surface area contributed by atoms with Crippen LogP contribution in [0.5, 0.6) is 0 Å². The summed E-state index contributed by atoms with van der Waals surface area (Å²) < 4.78 is 0. The van der Waals surface area contributed by atoms with Crippen LogP contribution in [0.25, 0.3) is 0 Å². The van der Waals surface area contributed by atoms with Crippen LogP contribution < -0.4 is 10.2 Å². The summed E-state index contributed by atoms with van der Waals surface area (Å²) in [6.45, 7) is 1.59. The lowest BCUT2D eigenvalue weighted by Crippen LogP contribution is -2.30. The monoisotopic (exact) mass is 314 g/mol. The third-order valence-corrected chi connectivity index (χ3v) is 4.47. The first-order valence-electron chi connectivity index (χ1n) is 7.35.